The number of phosphoric acid groups is 1. The fourth-order valence-electron chi connectivity index (χ4n) is 2.41. The average Bonchev–Trinajstić information content (AvgIpc) is 2.54. The summed E-state index contributed by atoms with van der Waals surface area (Å²) in [6, 6.07) is 8.45. The van der Waals surface area contributed by atoms with Crippen molar-refractivity contribution in [1.82, 2.24) is 5.32 Å². The molecule has 1 aromatic carbocycles. The number of hydrogen-bond donors (Lipinski definition) is 3. The first-order valence-corrected chi connectivity index (χ1v) is 10.00. The molecule has 0 aliphatic carbocycles. The number of amides is 1. The van der Waals surface area contributed by atoms with Crippen molar-refractivity contribution >= 4 is 13.7 Å². The lowest BCUT2D eigenvalue weighted by molar-refractivity contribution is -0.122. The molecular formula is C17H28NO5P. The van der Waals surface area contributed by atoms with Gasteiger partial charge in [-0.05, 0) is 12.0 Å². The van der Waals surface area contributed by atoms with Crippen molar-refractivity contribution in [3.8, 4) is 0 Å². The third-order valence-electron chi connectivity index (χ3n) is 3.70. The van der Waals surface area contributed by atoms with Crippen LogP contribution in [0.5, 0.6) is 0 Å². The second-order valence-electron chi connectivity index (χ2n) is 5.83. The third kappa shape index (κ3) is 9.83. The van der Waals surface area contributed by atoms with Gasteiger partial charge in [-0.3, -0.25) is 9.32 Å². The molecule has 1 aromatic rings. The SMILES string of the molecule is CCCCCCCCC(=O)N[C@@H](COP(=O)(O)O)c1ccccc1. The first-order valence-electron chi connectivity index (χ1n) is 8.46. The van der Waals surface area contributed by atoms with Crippen molar-refractivity contribution < 1.29 is 23.7 Å². The number of carbonyl (C=O) groups excluding carboxylic acids is 1. The van der Waals surface area contributed by atoms with Gasteiger partial charge >= 0.3 is 7.82 Å². The van der Waals surface area contributed by atoms with Crippen LogP contribution in [0.4, 0.5) is 0 Å². The lowest BCUT2D eigenvalue weighted by atomic mass is 10.1. The van der Waals surface area contributed by atoms with Crippen LogP contribution >= 0.6 is 7.82 Å². The van der Waals surface area contributed by atoms with Crippen molar-refractivity contribution in [3.63, 3.8) is 0 Å². The van der Waals surface area contributed by atoms with Gasteiger partial charge in [-0.25, -0.2) is 4.57 Å². The number of rotatable bonds is 12. The van der Waals surface area contributed by atoms with Crippen molar-refractivity contribution in [1.29, 1.82) is 0 Å². The summed E-state index contributed by atoms with van der Waals surface area (Å²) >= 11 is 0. The smallest absolute Gasteiger partial charge is 0.347 e. The molecule has 0 bridgehead atoms. The van der Waals surface area contributed by atoms with Crippen LogP contribution in [0.25, 0.3) is 0 Å². The summed E-state index contributed by atoms with van der Waals surface area (Å²) in [5.74, 6) is -0.131. The Morgan fingerprint density at radius 2 is 1.75 bits per heavy atom. The predicted molar refractivity (Wildman–Crippen MR) is 93.3 cm³/mol. The molecule has 0 aromatic heterocycles. The molecule has 0 fully saturated rings. The van der Waals surface area contributed by atoms with Gasteiger partial charge in [0.2, 0.25) is 5.91 Å². The Morgan fingerprint density at radius 3 is 2.38 bits per heavy atom. The second-order valence-corrected chi connectivity index (χ2v) is 7.07. The lowest BCUT2D eigenvalue weighted by Gasteiger charge is -2.19. The van der Waals surface area contributed by atoms with Gasteiger partial charge in [-0.2, -0.15) is 0 Å². The molecule has 1 amide bonds. The summed E-state index contributed by atoms with van der Waals surface area (Å²) in [5.41, 5.74) is 0.752. The molecule has 1 atom stereocenters. The summed E-state index contributed by atoms with van der Waals surface area (Å²) in [6.45, 7) is 1.90. The predicted octanol–water partition coefficient (Wildman–Crippen LogP) is 3.70. The topological polar surface area (TPSA) is 95.9 Å². The van der Waals surface area contributed by atoms with E-state index in [9.17, 15) is 9.36 Å². The second kappa shape index (κ2) is 11.4. The lowest BCUT2D eigenvalue weighted by Crippen LogP contribution is -2.31. The van der Waals surface area contributed by atoms with Crippen LogP contribution in [0.2, 0.25) is 0 Å². The molecule has 0 spiro atoms. The van der Waals surface area contributed by atoms with E-state index >= 15 is 0 Å². The van der Waals surface area contributed by atoms with Gasteiger partial charge in [0.05, 0.1) is 12.6 Å². The van der Waals surface area contributed by atoms with Gasteiger partial charge in [0.25, 0.3) is 0 Å². The fourth-order valence-corrected chi connectivity index (χ4v) is 2.75. The van der Waals surface area contributed by atoms with E-state index in [0.29, 0.717) is 6.42 Å². The van der Waals surface area contributed by atoms with Crippen molar-refractivity contribution in [2.75, 3.05) is 6.61 Å². The molecule has 0 aliphatic heterocycles. The molecule has 0 heterocycles. The highest BCUT2D eigenvalue weighted by Crippen LogP contribution is 2.37. The minimum atomic E-state index is -4.57. The van der Waals surface area contributed by atoms with Gasteiger partial charge < -0.3 is 15.1 Å². The quantitative estimate of drug-likeness (QED) is 0.391. The van der Waals surface area contributed by atoms with E-state index in [1.807, 2.05) is 6.07 Å². The van der Waals surface area contributed by atoms with E-state index in [1.54, 1.807) is 24.3 Å². The summed E-state index contributed by atoms with van der Waals surface area (Å²) < 4.78 is 15.5. The van der Waals surface area contributed by atoms with Crippen LogP contribution in [-0.4, -0.2) is 22.3 Å². The third-order valence-corrected chi connectivity index (χ3v) is 4.19. The molecule has 3 N–H and O–H groups in total. The monoisotopic (exact) mass is 357 g/mol. The van der Waals surface area contributed by atoms with Gasteiger partial charge in [-0.15, -0.1) is 0 Å². The molecule has 0 radical (unpaired) electrons. The molecule has 7 heteroatoms. The summed E-state index contributed by atoms with van der Waals surface area (Å²) in [4.78, 5) is 29.8. The van der Waals surface area contributed by atoms with Crippen LogP contribution in [0.3, 0.4) is 0 Å². The Morgan fingerprint density at radius 1 is 1.12 bits per heavy atom. The van der Waals surface area contributed by atoms with Crippen molar-refractivity contribution in [2.45, 2.75) is 57.9 Å². The van der Waals surface area contributed by atoms with Crippen LogP contribution in [0.1, 0.15) is 63.5 Å². The standard InChI is InChI=1S/C17H28NO5P/c1-2-3-4-5-6-10-13-17(19)18-16(14-23-24(20,21)22)15-11-8-7-9-12-15/h7-9,11-12,16H,2-6,10,13-14H2,1H3,(H,18,19)(H2,20,21,22)/t16-/m0/s1. The number of benzene rings is 1. The zero-order valence-corrected chi connectivity index (χ0v) is 15.1. The number of hydrogen-bond acceptors (Lipinski definition) is 3. The highest BCUT2D eigenvalue weighted by atomic mass is 31.2. The maximum absolute atomic E-state index is 12.1. The highest BCUT2D eigenvalue weighted by Gasteiger charge is 2.20. The van der Waals surface area contributed by atoms with E-state index < -0.39 is 13.9 Å². The van der Waals surface area contributed by atoms with Crippen molar-refractivity contribution in [2.24, 2.45) is 0 Å². The zero-order chi connectivity index (χ0) is 17.8. The van der Waals surface area contributed by atoms with Crippen LogP contribution in [-0.2, 0) is 13.9 Å². The Hall–Kier alpha value is -1.20. The molecule has 0 unspecified atom stereocenters. The molecular weight excluding hydrogens is 329 g/mol. The van der Waals surface area contributed by atoms with E-state index in [-0.39, 0.29) is 12.5 Å². The van der Waals surface area contributed by atoms with E-state index in [0.717, 1.165) is 24.8 Å². The molecule has 0 saturated carbocycles. The first-order chi connectivity index (χ1) is 11.4. The van der Waals surface area contributed by atoms with E-state index in [1.165, 1.54) is 19.3 Å². The molecule has 24 heavy (non-hydrogen) atoms. The molecule has 6 nitrogen and oxygen atoms in total. The average molecular weight is 357 g/mol. The minimum Gasteiger partial charge on any atom is -0.347 e. The largest absolute Gasteiger partial charge is 0.469 e. The molecule has 136 valence electrons. The normalized spacial score (nSPS) is 12.8. The number of phosphoric ester groups is 1. The van der Waals surface area contributed by atoms with Gasteiger partial charge in [0.1, 0.15) is 0 Å². The van der Waals surface area contributed by atoms with Gasteiger partial charge in [-0.1, -0.05) is 69.4 Å². The number of nitrogens with one attached hydrogen (secondary N) is 1. The van der Waals surface area contributed by atoms with Crippen LogP contribution in [0, 0.1) is 0 Å². The van der Waals surface area contributed by atoms with E-state index in [4.69, 9.17) is 9.79 Å². The molecule has 0 aliphatic rings. The molecule has 1 rings (SSSR count). The summed E-state index contributed by atoms with van der Waals surface area (Å²) in [6.07, 6.45) is 6.98. The minimum absolute atomic E-state index is 0.131. The first kappa shape index (κ1) is 20.8. The zero-order valence-electron chi connectivity index (χ0n) is 14.2. The molecule has 0 saturated heterocycles. The number of unbranched alkanes of at least 4 members (excludes halogenated alkanes) is 5. The Kier molecular flexibility index (Phi) is 9.88. The Bertz CT molecular complexity index is 517. The van der Waals surface area contributed by atoms with E-state index in [2.05, 4.69) is 16.8 Å². The van der Waals surface area contributed by atoms with Gasteiger partial charge in [0, 0.05) is 6.42 Å². The van der Waals surface area contributed by atoms with Crippen LogP contribution in [0.15, 0.2) is 30.3 Å². The van der Waals surface area contributed by atoms with Crippen LogP contribution < -0.4 is 5.32 Å². The Labute approximate surface area is 143 Å². The van der Waals surface area contributed by atoms with Crippen molar-refractivity contribution in [3.05, 3.63) is 35.9 Å². The summed E-state index contributed by atoms with van der Waals surface area (Å²) in [5, 5.41) is 2.80. The maximum atomic E-state index is 12.1. The maximum Gasteiger partial charge on any atom is 0.469 e. The fraction of sp³-hybridized carbons (Fsp3) is 0.588. The Balaban J connectivity index is 2.46. The summed E-state index contributed by atoms with van der Waals surface area (Å²) in [7, 11) is -4.57. The van der Waals surface area contributed by atoms with Gasteiger partial charge in [0.15, 0.2) is 0 Å². The highest BCUT2D eigenvalue weighted by molar-refractivity contribution is 7.46. The number of carbonyl (C=O) groups is 1.